The maximum absolute atomic E-state index is 15.2. The van der Waals surface area contributed by atoms with E-state index in [1.807, 2.05) is 0 Å². The van der Waals surface area contributed by atoms with Crippen LogP contribution in [-0.4, -0.2) is 6.10 Å². The number of hydrogen-bond acceptors (Lipinski definition) is 1. The van der Waals surface area contributed by atoms with E-state index in [9.17, 15) is 26.3 Å². The maximum atomic E-state index is 15.2. The van der Waals surface area contributed by atoms with E-state index in [4.69, 9.17) is 4.74 Å². The molecule has 4 aromatic carbocycles. The minimum atomic E-state index is -3.43. The normalized spacial score (nSPS) is 17.3. The smallest absolute Gasteiger partial charge is 0.313 e. The van der Waals surface area contributed by atoms with E-state index in [0.29, 0.717) is 49.8 Å². The topological polar surface area (TPSA) is 9.23 Å². The van der Waals surface area contributed by atoms with Gasteiger partial charge in [0.05, 0.1) is 11.7 Å². The quantitative estimate of drug-likeness (QED) is 0.114. The molecular weight excluding hydrogens is 557 g/mol. The molecule has 0 bridgehead atoms. The van der Waals surface area contributed by atoms with Crippen molar-refractivity contribution in [2.24, 2.45) is 0 Å². The largest absolute Gasteiger partial charge is 0.383 e. The lowest BCUT2D eigenvalue weighted by Crippen LogP contribution is -2.29. The number of alkyl halides is 2. The van der Waals surface area contributed by atoms with Crippen LogP contribution in [0.15, 0.2) is 85.5 Å². The van der Waals surface area contributed by atoms with Crippen molar-refractivity contribution in [3.63, 3.8) is 0 Å². The van der Waals surface area contributed by atoms with Gasteiger partial charge in [-0.25, -0.2) is 22.0 Å². The van der Waals surface area contributed by atoms with Gasteiger partial charge in [0.1, 0.15) is 11.6 Å². The zero-order valence-corrected chi connectivity index (χ0v) is 22.5. The molecule has 1 nitrogen and oxygen atoms in total. The van der Waals surface area contributed by atoms with Crippen molar-refractivity contribution in [3.05, 3.63) is 131 Å². The van der Waals surface area contributed by atoms with Crippen LogP contribution < -0.4 is 0 Å². The average molecular weight is 585 g/mol. The average Bonchev–Trinajstić information content (AvgIpc) is 2.96. The molecule has 0 atom stereocenters. The monoisotopic (exact) mass is 584 g/mol. The second-order valence-corrected chi connectivity index (χ2v) is 10.5. The van der Waals surface area contributed by atoms with Crippen LogP contribution in [0.1, 0.15) is 48.3 Å². The number of allylic oxidation sites excluding steroid dienone is 1. The Kier molecular flexibility index (Phi) is 8.55. The third-order valence-corrected chi connectivity index (χ3v) is 7.70. The molecule has 0 heterocycles. The molecule has 1 aliphatic carbocycles. The van der Waals surface area contributed by atoms with Gasteiger partial charge < -0.3 is 4.74 Å². The number of halogens is 7. The van der Waals surface area contributed by atoms with E-state index in [1.54, 1.807) is 24.3 Å². The van der Waals surface area contributed by atoms with Crippen LogP contribution in [0.25, 0.3) is 22.3 Å². The highest BCUT2D eigenvalue weighted by Crippen LogP contribution is 2.40. The molecule has 5 rings (SSSR count). The van der Waals surface area contributed by atoms with Gasteiger partial charge in [0.25, 0.3) is 0 Å². The zero-order valence-electron chi connectivity index (χ0n) is 22.5. The fourth-order valence-corrected chi connectivity index (χ4v) is 5.44. The molecule has 0 N–H and O–H groups in total. The molecule has 8 heteroatoms. The summed E-state index contributed by atoms with van der Waals surface area (Å²) in [6.07, 6.45) is 0.0514. The van der Waals surface area contributed by atoms with Crippen molar-refractivity contribution in [1.29, 1.82) is 0 Å². The van der Waals surface area contributed by atoms with Crippen molar-refractivity contribution in [2.75, 3.05) is 0 Å². The summed E-state index contributed by atoms with van der Waals surface area (Å²) in [7, 11) is 0. The molecular formula is C34H27F7O. The zero-order chi connectivity index (χ0) is 30.0. The molecule has 0 amide bonds. The summed E-state index contributed by atoms with van der Waals surface area (Å²) in [6, 6.07) is 15.6. The number of rotatable bonds is 8. The van der Waals surface area contributed by atoms with Crippen molar-refractivity contribution in [1.82, 2.24) is 0 Å². The SMILES string of the molecule is C=CCc1ccc(C(F)(F)OC2CCC(c3ccc(-c4ccc(-c5cc(F)c(F)c(F)c5)c(F)c4)c(F)c3)CC2)cc1. The van der Waals surface area contributed by atoms with Crippen LogP contribution in [0.3, 0.4) is 0 Å². The van der Waals surface area contributed by atoms with Gasteiger partial charge in [-0.3, -0.25) is 0 Å². The van der Waals surface area contributed by atoms with E-state index in [2.05, 4.69) is 6.58 Å². The Balaban J connectivity index is 1.24. The van der Waals surface area contributed by atoms with Crippen LogP contribution in [0.5, 0.6) is 0 Å². The first-order valence-corrected chi connectivity index (χ1v) is 13.6. The van der Waals surface area contributed by atoms with Gasteiger partial charge in [-0.15, -0.1) is 6.58 Å². The van der Waals surface area contributed by atoms with Crippen LogP contribution in [-0.2, 0) is 17.3 Å². The Hall–Kier alpha value is -3.91. The Morgan fingerprint density at radius 3 is 1.86 bits per heavy atom. The molecule has 0 spiro atoms. The molecule has 42 heavy (non-hydrogen) atoms. The number of ether oxygens (including phenoxy) is 1. The highest BCUT2D eigenvalue weighted by molar-refractivity contribution is 5.71. The third-order valence-electron chi connectivity index (χ3n) is 7.70. The van der Waals surface area contributed by atoms with Crippen LogP contribution in [0.2, 0.25) is 0 Å². The van der Waals surface area contributed by atoms with Crippen molar-refractivity contribution >= 4 is 0 Å². The standard InChI is InChI=1S/C34H27F7O/c1-2-3-20-4-10-25(11-5-20)34(40,41)42-26-12-6-21(7-13-26)22-8-14-27(29(35)16-22)23-9-15-28(30(36)17-23)24-18-31(37)33(39)32(38)19-24/h2,4-5,8-11,14-19,21,26H,1,3,6-7,12-13H2. The minimum Gasteiger partial charge on any atom is -0.313 e. The van der Waals surface area contributed by atoms with E-state index in [-0.39, 0.29) is 33.7 Å². The molecule has 0 saturated heterocycles. The Morgan fingerprint density at radius 2 is 1.26 bits per heavy atom. The minimum absolute atomic E-state index is 0.0532. The second-order valence-electron chi connectivity index (χ2n) is 10.5. The van der Waals surface area contributed by atoms with Crippen LogP contribution in [0.4, 0.5) is 30.7 Å². The van der Waals surface area contributed by atoms with E-state index >= 15 is 4.39 Å². The van der Waals surface area contributed by atoms with E-state index in [0.717, 1.165) is 11.6 Å². The first-order valence-electron chi connectivity index (χ1n) is 13.6. The molecule has 0 radical (unpaired) electrons. The molecule has 0 unspecified atom stereocenters. The summed E-state index contributed by atoms with van der Waals surface area (Å²) in [5.41, 5.74) is 1.35. The molecule has 1 aliphatic rings. The maximum Gasteiger partial charge on any atom is 0.383 e. The number of benzene rings is 4. The van der Waals surface area contributed by atoms with Crippen molar-refractivity contribution < 1.29 is 35.5 Å². The molecule has 218 valence electrons. The van der Waals surface area contributed by atoms with Gasteiger partial charge >= 0.3 is 6.11 Å². The summed E-state index contributed by atoms with van der Waals surface area (Å²) in [4.78, 5) is 0. The summed E-state index contributed by atoms with van der Waals surface area (Å²) in [5, 5.41) is 0. The van der Waals surface area contributed by atoms with Gasteiger partial charge in [0.2, 0.25) is 0 Å². The summed E-state index contributed by atoms with van der Waals surface area (Å²) in [6.45, 7) is 3.64. The lowest BCUT2D eigenvalue weighted by atomic mass is 9.82. The number of hydrogen-bond donors (Lipinski definition) is 0. The fourth-order valence-electron chi connectivity index (χ4n) is 5.44. The molecule has 0 aromatic heterocycles. The molecule has 4 aromatic rings. The van der Waals surface area contributed by atoms with Gasteiger partial charge in [0, 0.05) is 11.1 Å². The van der Waals surface area contributed by atoms with E-state index in [1.165, 1.54) is 36.4 Å². The lowest BCUT2D eigenvalue weighted by Gasteiger charge is -2.31. The molecule has 1 saturated carbocycles. The fraction of sp³-hybridized carbons (Fsp3) is 0.235. The highest BCUT2D eigenvalue weighted by Gasteiger charge is 2.37. The van der Waals surface area contributed by atoms with Crippen molar-refractivity contribution in [2.45, 2.75) is 50.2 Å². The van der Waals surface area contributed by atoms with Crippen molar-refractivity contribution in [3.8, 4) is 22.3 Å². The van der Waals surface area contributed by atoms with Crippen LogP contribution >= 0.6 is 0 Å². The molecule has 0 aliphatic heterocycles. The Morgan fingerprint density at radius 1 is 0.690 bits per heavy atom. The van der Waals surface area contributed by atoms with Crippen LogP contribution in [0, 0.1) is 29.1 Å². The van der Waals surface area contributed by atoms with Gasteiger partial charge in [-0.2, -0.15) is 8.78 Å². The first-order chi connectivity index (χ1) is 20.1. The van der Waals surface area contributed by atoms with E-state index < -0.39 is 41.3 Å². The molecule has 1 fully saturated rings. The highest BCUT2D eigenvalue weighted by atomic mass is 19.3. The van der Waals surface area contributed by atoms with Gasteiger partial charge in [0.15, 0.2) is 17.5 Å². The summed E-state index contributed by atoms with van der Waals surface area (Å²) >= 11 is 0. The van der Waals surface area contributed by atoms with Gasteiger partial charge in [-0.1, -0.05) is 54.6 Å². The Bertz CT molecular complexity index is 1570. The summed E-state index contributed by atoms with van der Waals surface area (Å²) in [5.74, 6) is -6.05. The third kappa shape index (κ3) is 6.28. The summed E-state index contributed by atoms with van der Waals surface area (Å²) < 4.78 is 105. The first kappa shape index (κ1) is 29.6. The predicted molar refractivity (Wildman–Crippen MR) is 147 cm³/mol. The lowest BCUT2D eigenvalue weighted by molar-refractivity contribution is -0.277. The predicted octanol–water partition coefficient (Wildman–Crippen LogP) is 10.2. The van der Waals surface area contributed by atoms with Gasteiger partial charge in [-0.05, 0) is 84.5 Å². The second kappa shape index (κ2) is 12.1. The Labute approximate surface area is 239 Å².